The summed E-state index contributed by atoms with van der Waals surface area (Å²) in [6.45, 7) is 6.15. The van der Waals surface area contributed by atoms with E-state index in [0.29, 0.717) is 32.1 Å². The Bertz CT molecular complexity index is 1080. The molecule has 4 aliphatic rings. The highest BCUT2D eigenvalue weighted by atomic mass is 16.2. The molecule has 0 spiro atoms. The first-order valence-corrected chi connectivity index (χ1v) is 12.9. The first-order valence-electron chi connectivity index (χ1n) is 12.9. The van der Waals surface area contributed by atoms with E-state index in [0.717, 1.165) is 63.3 Å². The minimum Gasteiger partial charge on any atom is -0.354 e. The maximum Gasteiger partial charge on any atom is 0.229 e. The maximum absolute atomic E-state index is 13.2. The Kier molecular flexibility index (Phi) is 5.67. The Morgan fingerprint density at radius 2 is 1.53 bits per heavy atom. The van der Waals surface area contributed by atoms with Gasteiger partial charge >= 0.3 is 0 Å². The van der Waals surface area contributed by atoms with E-state index in [9.17, 15) is 9.59 Å². The number of likely N-dealkylation sites (N-methyl/N-ethyl adjacent to an activating group) is 1. The van der Waals surface area contributed by atoms with Crippen LogP contribution in [0.1, 0.15) is 36.9 Å². The Morgan fingerprint density at radius 3 is 2.24 bits per heavy atom. The topological polar surface area (TPSA) is 77.3 Å². The van der Waals surface area contributed by atoms with E-state index in [1.807, 2.05) is 26.6 Å². The summed E-state index contributed by atoms with van der Waals surface area (Å²) in [4.78, 5) is 39.5. The molecule has 182 valence electrons. The van der Waals surface area contributed by atoms with Crippen LogP contribution in [0.25, 0.3) is 5.65 Å². The van der Waals surface area contributed by atoms with E-state index < -0.39 is 0 Å². The monoisotopic (exact) mass is 465 g/mol. The molecular weight excluding hydrogens is 430 g/mol. The molecule has 1 aliphatic carbocycles. The second kappa shape index (κ2) is 8.83. The number of hydrogen-bond acceptors (Lipinski definition) is 6. The summed E-state index contributed by atoms with van der Waals surface area (Å²) in [5.41, 5.74) is 3.34. The molecule has 0 atom stereocenters. The molecule has 5 heterocycles. The molecule has 0 N–H and O–H groups in total. The number of rotatable bonds is 3. The van der Waals surface area contributed by atoms with Crippen LogP contribution in [0.15, 0.2) is 12.3 Å². The largest absolute Gasteiger partial charge is 0.354 e. The molecule has 9 heteroatoms. The second-order valence-corrected chi connectivity index (χ2v) is 10.5. The number of fused-ring (bicyclic) bond motifs is 2. The van der Waals surface area contributed by atoms with Gasteiger partial charge in [-0.1, -0.05) is 12.8 Å². The van der Waals surface area contributed by atoms with Crippen LogP contribution >= 0.6 is 0 Å². The fourth-order valence-electron chi connectivity index (χ4n) is 6.15. The molecule has 2 aromatic rings. The lowest BCUT2D eigenvalue weighted by molar-refractivity contribution is -0.144. The standard InChI is InChI=1S/C25H35N7O2/c1-28-10-7-20-21(8-11-28)27-22-6-9-26-32(22)23(20)31-16-19(17-31)25(34)30-14-12-29(13-15-30)24(33)18-4-2-3-5-18/h6,9,18-19H,2-5,7-8,10-17H2,1H3. The lowest BCUT2D eigenvalue weighted by Gasteiger charge is -2.44. The fourth-order valence-corrected chi connectivity index (χ4v) is 6.15. The number of amides is 2. The van der Waals surface area contributed by atoms with Crippen LogP contribution in [0.3, 0.4) is 0 Å². The number of carbonyl (C=O) groups is 2. The molecule has 0 radical (unpaired) electrons. The van der Waals surface area contributed by atoms with Crippen LogP contribution in [0.5, 0.6) is 0 Å². The van der Waals surface area contributed by atoms with Gasteiger partial charge in [-0.15, -0.1) is 0 Å². The highest BCUT2D eigenvalue weighted by Gasteiger charge is 2.39. The van der Waals surface area contributed by atoms with Crippen LogP contribution in [0.2, 0.25) is 0 Å². The number of piperazine rings is 1. The number of hydrogen-bond donors (Lipinski definition) is 0. The number of nitrogens with zero attached hydrogens (tertiary/aromatic N) is 7. The highest BCUT2D eigenvalue weighted by molar-refractivity contribution is 5.83. The molecule has 3 fully saturated rings. The van der Waals surface area contributed by atoms with Crippen molar-refractivity contribution in [3.05, 3.63) is 23.5 Å². The molecule has 0 unspecified atom stereocenters. The van der Waals surface area contributed by atoms with E-state index in [1.54, 1.807) is 0 Å². The normalized spacial score (nSPS) is 22.7. The van der Waals surface area contributed by atoms with Crippen LogP contribution in [0, 0.1) is 11.8 Å². The molecular formula is C25H35N7O2. The minimum atomic E-state index is 0.0139. The summed E-state index contributed by atoms with van der Waals surface area (Å²) in [7, 11) is 2.16. The van der Waals surface area contributed by atoms with Gasteiger partial charge in [-0.3, -0.25) is 9.59 Å². The van der Waals surface area contributed by atoms with E-state index >= 15 is 0 Å². The van der Waals surface area contributed by atoms with Gasteiger partial charge in [0.1, 0.15) is 5.82 Å². The summed E-state index contributed by atoms with van der Waals surface area (Å²) >= 11 is 0. The third-order valence-corrected chi connectivity index (χ3v) is 8.30. The number of carbonyl (C=O) groups excluding carboxylic acids is 2. The van der Waals surface area contributed by atoms with Crippen LogP contribution in [-0.2, 0) is 22.4 Å². The molecule has 34 heavy (non-hydrogen) atoms. The number of aromatic nitrogens is 3. The summed E-state index contributed by atoms with van der Waals surface area (Å²) in [5, 5.41) is 4.56. The Morgan fingerprint density at radius 1 is 0.882 bits per heavy atom. The Labute approximate surface area is 200 Å². The predicted molar refractivity (Wildman–Crippen MR) is 129 cm³/mol. The van der Waals surface area contributed by atoms with Crippen molar-refractivity contribution in [3.8, 4) is 0 Å². The smallest absolute Gasteiger partial charge is 0.229 e. The van der Waals surface area contributed by atoms with E-state index in [-0.39, 0.29) is 17.7 Å². The van der Waals surface area contributed by atoms with Crippen molar-refractivity contribution in [1.82, 2.24) is 29.3 Å². The van der Waals surface area contributed by atoms with Gasteiger partial charge in [-0.25, -0.2) is 4.98 Å². The zero-order valence-electron chi connectivity index (χ0n) is 20.2. The predicted octanol–water partition coefficient (Wildman–Crippen LogP) is 1.06. The van der Waals surface area contributed by atoms with Crippen molar-refractivity contribution in [1.29, 1.82) is 0 Å². The quantitative estimate of drug-likeness (QED) is 0.675. The Balaban J connectivity index is 1.11. The molecule has 2 amide bonds. The van der Waals surface area contributed by atoms with Gasteiger partial charge in [-0.2, -0.15) is 9.61 Å². The highest BCUT2D eigenvalue weighted by Crippen LogP contribution is 2.33. The lowest BCUT2D eigenvalue weighted by atomic mass is 9.96. The molecule has 6 rings (SSSR count). The van der Waals surface area contributed by atoms with Crippen molar-refractivity contribution in [2.24, 2.45) is 11.8 Å². The van der Waals surface area contributed by atoms with Gasteiger partial charge in [0, 0.05) is 76.3 Å². The van der Waals surface area contributed by atoms with Crippen molar-refractivity contribution in [2.45, 2.75) is 38.5 Å². The lowest BCUT2D eigenvalue weighted by Crippen LogP contribution is -2.59. The average molecular weight is 466 g/mol. The van der Waals surface area contributed by atoms with E-state index in [1.165, 1.54) is 24.1 Å². The summed E-state index contributed by atoms with van der Waals surface area (Å²) < 4.78 is 1.96. The van der Waals surface area contributed by atoms with Gasteiger partial charge < -0.3 is 19.6 Å². The molecule has 9 nitrogen and oxygen atoms in total. The molecule has 0 aromatic carbocycles. The fraction of sp³-hybridized carbons (Fsp3) is 0.680. The summed E-state index contributed by atoms with van der Waals surface area (Å²) in [6.07, 6.45) is 8.13. The van der Waals surface area contributed by atoms with Crippen molar-refractivity contribution < 1.29 is 9.59 Å². The average Bonchev–Trinajstić information content (AvgIpc) is 3.49. The van der Waals surface area contributed by atoms with Gasteiger partial charge in [0.2, 0.25) is 11.8 Å². The molecule has 2 saturated heterocycles. The van der Waals surface area contributed by atoms with Crippen LogP contribution in [-0.4, -0.2) is 101 Å². The molecule has 0 bridgehead atoms. The Hall–Kier alpha value is -2.68. The van der Waals surface area contributed by atoms with Gasteiger partial charge in [0.25, 0.3) is 0 Å². The molecule has 2 aromatic heterocycles. The van der Waals surface area contributed by atoms with Gasteiger partial charge in [0.05, 0.1) is 17.8 Å². The van der Waals surface area contributed by atoms with Crippen LogP contribution in [0.4, 0.5) is 5.82 Å². The van der Waals surface area contributed by atoms with E-state index in [4.69, 9.17) is 4.98 Å². The molecule has 1 saturated carbocycles. The zero-order valence-corrected chi connectivity index (χ0v) is 20.2. The van der Waals surface area contributed by atoms with Crippen LogP contribution < -0.4 is 4.90 Å². The summed E-state index contributed by atoms with van der Waals surface area (Å²) in [5.74, 6) is 1.90. The van der Waals surface area contributed by atoms with Gasteiger partial charge in [-0.05, 0) is 26.3 Å². The SMILES string of the molecule is CN1CCc2nc3ccnn3c(N3CC(C(=O)N4CCN(C(=O)C5CCCC5)CC4)C3)c2CC1. The molecule has 3 aliphatic heterocycles. The van der Waals surface area contributed by atoms with Crippen molar-refractivity contribution >= 4 is 23.3 Å². The third-order valence-electron chi connectivity index (χ3n) is 8.30. The maximum atomic E-state index is 13.2. The number of anilines is 1. The first-order chi connectivity index (χ1) is 16.6. The zero-order chi connectivity index (χ0) is 23.2. The third kappa shape index (κ3) is 3.83. The van der Waals surface area contributed by atoms with E-state index in [2.05, 4.69) is 21.9 Å². The van der Waals surface area contributed by atoms with Crippen molar-refractivity contribution in [2.75, 3.05) is 64.3 Å². The van der Waals surface area contributed by atoms with Gasteiger partial charge in [0.15, 0.2) is 5.65 Å². The minimum absolute atomic E-state index is 0.0139. The first kappa shape index (κ1) is 21.8. The second-order valence-electron chi connectivity index (χ2n) is 10.5. The van der Waals surface area contributed by atoms with Crippen molar-refractivity contribution in [3.63, 3.8) is 0 Å². The summed E-state index contributed by atoms with van der Waals surface area (Å²) in [6, 6.07) is 1.97.